The summed E-state index contributed by atoms with van der Waals surface area (Å²) in [5.74, 6) is 0.922. The molecule has 0 spiro atoms. The van der Waals surface area contributed by atoms with E-state index in [4.69, 9.17) is 4.98 Å². The topological polar surface area (TPSA) is 16.1 Å². The van der Waals surface area contributed by atoms with Gasteiger partial charge in [-0.1, -0.05) is 96.7 Å². The number of fused-ring (bicyclic) bond motifs is 8. The highest BCUT2D eigenvalue weighted by atomic mass is 32.2. The molecular formula is C35H22N2S. The SMILES string of the molecule is c1ccc2c(c1)Sc1ccccc1N2c1ccc(-c2ccc3c4ccccc4c4ccccc4c3c2)cn1. The zero-order chi connectivity index (χ0) is 25.1. The van der Waals surface area contributed by atoms with Crippen molar-refractivity contribution in [3.05, 3.63) is 134 Å². The van der Waals surface area contributed by atoms with Gasteiger partial charge >= 0.3 is 0 Å². The molecule has 1 aliphatic rings. The first-order valence-electron chi connectivity index (χ1n) is 12.8. The Kier molecular flexibility index (Phi) is 4.79. The molecule has 0 bridgehead atoms. The second-order valence-electron chi connectivity index (χ2n) is 9.63. The number of hydrogen-bond acceptors (Lipinski definition) is 3. The lowest BCUT2D eigenvalue weighted by Crippen LogP contribution is -2.15. The number of pyridine rings is 1. The van der Waals surface area contributed by atoms with Crippen LogP contribution in [0.5, 0.6) is 0 Å². The molecule has 0 fully saturated rings. The van der Waals surface area contributed by atoms with Crippen LogP contribution in [-0.2, 0) is 0 Å². The fraction of sp³-hybridized carbons (Fsp3) is 0. The molecule has 178 valence electrons. The number of rotatable bonds is 2. The van der Waals surface area contributed by atoms with Crippen molar-refractivity contribution in [1.82, 2.24) is 4.98 Å². The van der Waals surface area contributed by atoms with E-state index in [1.807, 2.05) is 18.0 Å². The maximum absolute atomic E-state index is 4.99. The second kappa shape index (κ2) is 8.47. The van der Waals surface area contributed by atoms with Crippen molar-refractivity contribution < 1.29 is 0 Å². The molecular weight excluding hydrogens is 480 g/mol. The van der Waals surface area contributed by atoms with Gasteiger partial charge in [-0.15, -0.1) is 0 Å². The molecule has 0 atom stereocenters. The Morgan fingerprint density at radius 1 is 0.447 bits per heavy atom. The van der Waals surface area contributed by atoms with E-state index in [9.17, 15) is 0 Å². The van der Waals surface area contributed by atoms with E-state index in [1.165, 1.54) is 59.0 Å². The maximum atomic E-state index is 4.99. The van der Waals surface area contributed by atoms with Gasteiger partial charge in [-0.05, 0) is 80.3 Å². The van der Waals surface area contributed by atoms with Crippen LogP contribution >= 0.6 is 11.8 Å². The van der Waals surface area contributed by atoms with Gasteiger partial charge in [-0.25, -0.2) is 4.98 Å². The van der Waals surface area contributed by atoms with Gasteiger partial charge in [0.1, 0.15) is 5.82 Å². The minimum Gasteiger partial charge on any atom is -0.293 e. The largest absolute Gasteiger partial charge is 0.293 e. The third-order valence-corrected chi connectivity index (χ3v) is 8.62. The van der Waals surface area contributed by atoms with E-state index in [0.29, 0.717) is 0 Å². The zero-order valence-corrected chi connectivity index (χ0v) is 21.3. The van der Waals surface area contributed by atoms with E-state index in [2.05, 4.69) is 132 Å². The molecule has 0 unspecified atom stereocenters. The average molecular weight is 503 g/mol. The van der Waals surface area contributed by atoms with Gasteiger partial charge in [0.05, 0.1) is 11.4 Å². The van der Waals surface area contributed by atoms with Gasteiger partial charge < -0.3 is 0 Å². The summed E-state index contributed by atoms with van der Waals surface area (Å²) in [5, 5.41) is 7.73. The molecule has 0 radical (unpaired) electrons. The number of anilines is 3. The maximum Gasteiger partial charge on any atom is 0.137 e. The van der Waals surface area contributed by atoms with Crippen molar-refractivity contribution in [2.45, 2.75) is 9.79 Å². The third kappa shape index (κ3) is 3.26. The van der Waals surface area contributed by atoms with E-state index >= 15 is 0 Å². The lowest BCUT2D eigenvalue weighted by Gasteiger charge is -2.31. The summed E-state index contributed by atoms with van der Waals surface area (Å²) in [6.07, 6.45) is 2.01. The summed E-state index contributed by atoms with van der Waals surface area (Å²) in [4.78, 5) is 9.74. The van der Waals surface area contributed by atoms with Crippen LogP contribution in [0.15, 0.2) is 143 Å². The van der Waals surface area contributed by atoms with Crippen LogP contribution in [0.25, 0.3) is 43.4 Å². The molecule has 1 aromatic heterocycles. The number of hydrogen-bond donors (Lipinski definition) is 0. The van der Waals surface area contributed by atoms with Gasteiger partial charge in [0.2, 0.25) is 0 Å². The van der Waals surface area contributed by atoms with Crippen LogP contribution < -0.4 is 4.90 Å². The minimum atomic E-state index is 0.922. The molecule has 6 aromatic carbocycles. The number of nitrogens with zero attached hydrogens (tertiary/aromatic N) is 2. The third-order valence-electron chi connectivity index (χ3n) is 7.49. The van der Waals surface area contributed by atoms with E-state index in [-0.39, 0.29) is 0 Å². The van der Waals surface area contributed by atoms with Gasteiger partial charge in [0.15, 0.2) is 0 Å². The fourth-order valence-electron chi connectivity index (χ4n) is 5.73. The van der Waals surface area contributed by atoms with Gasteiger partial charge in [-0.3, -0.25) is 4.90 Å². The summed E-state index contributed by atoms with van der Waals surface area (Å²) < 4.78 is 0. The van der Waals surface area contributed by atoms with E-state index in [0.717, 1.165) is 11.4 Å². The highest BCUT2D eigenvalue weighted by Gasteiger charge is 2.25. The first kappa shape index (κ1) is 21.5. The van der Waals surface area contributed by atoms with Crippen molar-refractivity contribution in [1.29, 1.82) is 0 Å². The summed E-state index contributed by atoms with van der Waals surface area (Å²) in [6.45, 7) is 0. The summed E-state index contributed by atoms with van der Waals surface area (Å²) >= 11 is 1.81. The van der Waals surface area contributed by atoms with Crippen LogP contribution in [0.4, 0.5) is 17.2 Å². The molecule has 2 nitrogen and oxygen atoms in total. The lowest BCUT2D eigenvalue weighted by molar-refractivity contribution is 1.11. The predicted molar refractivity (Wildman–Crippen MR) is 161 cm³/mol. The highest BCUT2D eigenvalue weighted by molar-refractivity contribution is 7.99. The molecule has 3 heteroatoms. The van der Waals surface area contributed by atoms with Crippen LogP contribution in [0.1, 0.15) is 0 Å². The minimum absolute atomic E-state index is 0.922. The number of para-hydroxylation sites is 2. The van der Waals surface area contributed by atoms with Crippen molar-refractivity contribution in [3.8, 4) is 11.1 Å². The normalized spacial score (nSPS) is 12.6. The Morgan fingerprint density at radius 3 is 1.53 bits per heavy atom. The fourth-order valence-corrected chi connectivity index (χ4v) is 6.79. The summed E-state index contributed by atoms with van der Waals surface area (Å²) in [5.41, 5.74) is 4.62. The van der Waals surface area contributed by atoms with Crippen molar-refractivity contribution in [2.75, 3.05) is 4.90 Å². The van der Waals surface area contributed by atoms with E-state index < -0.39 is 0 Å². The van der Waals surface area contributed by atoms with E-state index in [1.54, 1.807) is 0 Å². The molecule has 7 aromatic rings. The molecule has 38 heavy (non-hydrogen) atoms. The van der Waals surface area contributed by atoms with Crippen molar-refractivity contribution in [2.24, 2.45) is 0 Å². The van der Waals surface area contributed by atoms with Gasteiger partial charge in [0, 0.05) is 21.6 Å². The molecule has 0 amide bonds. The van der Waals surface area contributed by atoms with Crippen LogP contribution in [-0.4, -0.2) is 4.98 Å². The Labute approximate surface area is 225 Å². The zero-order valence-electron chi connectivity index (χ0n) is 20.5. The Bertz CT molecular complexity index is 1930. The number of aromatic nitrogens is 1. The van der Waals surface area contributed by atoms with Crippen LogP contribution in [0.2, 0.25) is 0 Å². The number of benzene rings is 6. The monoisotopic (exact) mass is 502 g/mol. The Morgan fingerprint density at radius 2 is 0.947 bits per heavy atom. The van der Waals surface area contributed by atoms with Gasteiger partial charge in [0.25, 0.3) is 0 Å². The first-order valence-corrected chi connectivity index (χ1v) is 13.6. The molecule has 1 aliphatic heterocycles. The van der Waals surface area contributed by atoms with Crippen molar-refractivity contribution in [3.63, 3.8) is 0 Å². The summed E-state index contributed by atoms with van der Waals surface area (Å²) in [7, 11) is 0. The predicted octanol–water partition coefficient (Wildman–Crippen LogP) is 10.1. The Hall–Kier alpha value is -4.60. The smallest absolute Gasteiger partial charge is 0.137 e. The molecule has 8 rings (SSSR count). The Balaban J connectivity index is 1.26. The standard InChI is InChI=1S/C35H22N2S/c1-2-11-27-25(9-1)26-10-3-4-12-28(26)30-21-23(17-19-29(27)30)24-18-20-35(36-22-24)37-31-13-5-7-15-33(31)38-34-16-8-6-14-32(34)37/h1-22H. The molecule has 2 heterocycles. The molecule has 0 N–H and O–H groups in total. The first-order chi connectivity index (χ1) is 18.8. The lowest BCUT2D eigenvalue weighted by atomic mass is 9.92. The molecule has 0 aliphatic carbocycles. The van der Waals surface area contributed by atoms with Gasteiger partial charge in [-0.2, -0.15) is 0 Å². The molecule has 0 saturated heterocycles. The highest BCUT2D eigenvalue weighted by Crippen LogP contribution is 2.50. The summed E-state index contributed by atoms with van der Waals surface area (Å²) in [6, 6.07) is 45.7. The second-order valence-corrected chi connectivity index (χ2v) is 10.7. The molecule has 0 saturated carbocycles. The van der Waals surface area contributed by atoms with Crippen LogP contribution in [0, 0.1) is 0 Å². The van der Waals surface area contributed by atoms with Crippen LogP contribution in [0.3, 0.4) is 0 Å². The van der Waals surface area contributed by atoms with Crippen molar-refractivity contribution >= 4 is 61.3 Å². The quantitative estimate of drug-likeness (QED) is 0.219. The average Bonchev–Trinajstić information content (AvgIpc) is 3.00.